The second-order valence-electron chi connectivity index (χ2n) is 3.63. The SMILES string of the molecule is CN[C@@H](C)[C@H](O)c1ccc2c(c1)OCO2.Cl. The zero-order valence-electron chi connectivity index (χ0n) is 9.27. The van der Waals surface area contributed by atoms with Gasteiger partial charge in [-0.2, -0.15) is 0 Å². The minimum atomic E-state index is -0.538. The second-order valence-corrected chi connectivity index (χ2v) is 3.63. The smallest absolute Gasteiger partial charge is 0.231 e. The summed E-state index contributed by atoms with van der Waals surface area (Å²) in [5, 5.41) is 13.0. The van der Waals surface area contributed by atoms with E-state index >= 15 is 0 Å². The number of aliphatic hydroxyl groups is 1. The van der Waals surface area contributed by atoms with E-state index < -0.39 is 6.10 Å². The molecule has 1 heterocycles. The van der Waals surface area contributed by atoms with Crippen LogP contribution in [0.4, 0.5) is 0 Å². The molecule has 0 saturated heterocycles. The van der Waals surface area contributed by atoms with E-state index in [1.54, 1.807) is 0 Å². The summed E-state index contributed by atoms with van der Waals surface area (Å²) < 4.78 is 10.4. The molecule has 0 radical (unpaired) electrons. The first-order valence-corrected chi connectivity index (χ1v) is 4.97. The van der Waals surface area contributed by atoms with E-state index in [0.717, 1.165) is 11.3 Å². The summed E-state index contributed by atoms with van der Waals surface area (Å²) in [7, 11) is 1.82. The Bertz CT molecular complexity index is 359. The van der Waals surface area contributed by atoms with Crippen LogP contribution >= 0.6 is 12.4 Å². The first kappa shape index (κ1) is 13.1. The van der Waals surface area contributed by atoms with Gasteiger partial charge in [0.2, 0.25) is 6.79 Å². The lowest BCUT2D eigenvalue weighted by atomic mass is 10.0. The Kier molecular flexibility index (Phi) is 4.41. The summed E-state index contributed by atoms with van der Waals surface area (Å²) in [6, 6.07) is 5.50. The molecule has 5 heteroatoms. The topological polar surface area (TPSA) is 50.7 Å². The highest BCUT2D eigenvalue weighted by Crippen LogP contribution is 2.34. The van der Waals surface area contributed by atoms with Crippen LogP contribution in [0.25, 0.3) is 0 Å². The molecule has 0 aliphatic carbocycles. The Hall–Kier alpha value is -0.970. The molecular formula is C11H16ClNO3. The van der Waals surface area contributed by atoms with Crippen LogP contribution in [0.1, 0.15) is 18.6 Å². The Morgan fingerprint density at radius 1 is 1.31 bits per heavy atom. The number of likely N-dealkylation sites (N-methyl/N-ethyl adjacent to an activating group) is 1. The first-order chi connectivity index (χ1) is 7.22. The predicted octanol–water partition coefficient (Wildman–Crippen LogP) is 1.48. The van der Waals surface area contributed by atoms with Crippen LogP contribution in [0.15, 0.2) is 18.2 Å². The molecule has 16 heavy (non-hydrogen) atoms. The van der Waals surface area contributed by atoms with Gasteiger partial charge in [0.25, 0.3) is 0 Å². The van der Waals surface area contributed by atoms with Gasteiger partial charge in [0.05, 0.1) is 6.10 Å². The summed E-state index contributed by atoms with van der Waals surface area (Å²) in [4.78, 5) is 0. The molecule has 2 N–H and O–H groups in total. The van der Waals surface area contributed by atoms with Crippen molar-refractivity contribution in [3.63, 3.8) is 0 Å². The van der Waals surface area contributed by atoms with Crippen molar-refractivity contribution in [2.45, 2.75) is 19.1 Å². The highest BCUT2D eigenvalue weighted by atomic mass is 35.5. The monoisotopic (exact) mass is 245 g/mol. The lowest BCUT2D eigenvalue weighted by Gasteiger charge is -2.18. The lowest BCUT2D eigenvalue weighted by Crippen LogP contribution is -2.28. The fourth-order valence-electron chi connectivity index (χ4n) is 1.54. The van der Waals surface area contributed by atoms with E-state index in [0.29, 0.717) is 5.75 Å². The van der Waals surface area contributed by atoms with E-state index in [9.17, 15) is 5.11 Å². The average Bonchev–Trinajstić information content (AvgIpc) is 2.73. The van der Waals surface area contributed by atoms with Crippen molar-refractivity contribution < 1.29 is 14.6 Å². The molecule has 2 rings (SSSR count). The summed E-state index contributed by atoms with van der Waals surface area (Å²) in [6.07, 6.45) is -0.538. The molecule has 1 aromatic rings. The molecular weight excluding hydrogens is 230 g/mol. The van der Waals surface area contributed by atoms with Gasteiger partial charge in [-0.3, -0.25) is 0 Å². The number of fused-ring (bicyclic) bond motifs is 1. The van der Waals surface area contributed by atoms with Crippen molar-refractivity contribution >= 4 is 12.4 Å². The highest BCUT2D eigenvalue weighted by molar-refractivity contribution is 5.85. The van der Waals surface area contributed by atoms with E-state index in [4.69, 9.17) is 9.47 Å². The molecule has 4 nitrogen and oxygen atoms in total. The molecule has 0 aromatic heterocycles. The summed E-state index contributed by atoms with van der Waals surface area (Å²) >= 11 is 0. The van der Waals surface area contributed by atoms with Crippen molar-refractivity contribution in [1.29, 1.82) is 0 Å². The maximum absolute atomic E-state index is 9.96. The van der Waals surface area contributed by atoms with Gasteiger partial charge in [0, 0.05) is 6.04 Å². The van der Waals surface area contributed by atoms with Gasteiger partial charge in [0.15, 0.2) is 11.5 Å². The van der Waals surface area contributed by atoms with Gasteiger partial charge in [0.1, 0.15) is 0 Å². The number of halogens is 1. The van der Waals surface area contributed by atoms with Crippen molar-refractivity contribution in [1.82, 2.24) is 5.32 Å². The number of ether oxygens (including phenoxy) is 2. The quantitative estimate of drug-likeness (QED) is 0.847. The third-order valence-corrected chi connectivity index (χ3v) is 2.67. The Morgan fingerprint density at radius 2 is 2.00 bits per heavy atom. The normalized spacial score (nSPS) is 16.4. The minimum absolute atomic E-state index is 0. The molecule has 0 amide bonds. The molecule has 1 aliphatic rings. The van der Waals surface area contributed by atoms with Crippen molar-refractivity contribution in [3.8, 4) is 11.5 Å². The van der Waals surface area contributed by atoms with Gasteiger partial charge in [-0.05, 0) is 31.7 Å². The average molecular weight is 246 g/mol. The number of rotatable bonds is 3. The second kappa shape index (κ2) is 5.39. The van der Waals surface area contributed by atoms with Crippen LogP contribution in [0.3, 0.4) is 0 Å². The fourth-order valence-corrected chi connectivity index (χ4v) is 1.54. The first-order valence-electron chi connectivity index (χ1n) is 4.97. The van der Waals surface area contributed by atoms with Crippen molar-refractivity contribution in [2.24, 2.45) is 0 Å². The summed E-state index contributed by atoms with van der Waals surface area (Å²) in [5.74, 6) is 1.44. The Balaban J connectivity index is 0.00000128. The van der Waals surface area contributed by atoms with Gasteiger partial charge in [-0.1, -0.05) is 6.07 Å². The maximum Gasteiger partial charge on any atom is 0.231 e. The molecule has 0 unspecified atom stereocenters. The van der Waals surface area contributed by atoms with E-state index in [1.807, 2.05) is 32.2 Å². The van der Waals surface area contributed by atoms with Crippen LogP contribution in [-0.4, -0.2) is 25.0 Å². The van der Waals surface area contributed by atoms with Gasteiger partial charge in [-0.15, -0.1) is 12.4 Å². The van der Waals surface area contributed by atoms with Crippen LogP contribution in [0.5, 0.6) is 11.5 Å². The number of benzene rings is 1. The molecule has 2 atom stereocenters. The van der Waals surface area contributed by atoms with Crippen LogP contribution < -0.4 is 14.8 Å². The molecule has 0 spiro atoms. The van der Waals surface area contributed by atoms with Crippen LogP contribution in [0.2, 0.25) is 0 Å². The number of hydrogen-bond donors (Lipinski definition) is 2. The maximum atomic E-state index is 9.96. The summed E-state index contributed by atoms with van der Waals surface area (Å²) in [6.45, 7) is 2.19. The lowest BCUT2D eigenvalue weighted by molar-refractivity contribution is 0.139. The van der Waals surface area contributed by atoms with Gasteiger partial charge >= 0.3 is 0 Å². The zero-order valence-corrected chi connectivity index (χ0v) is 10.1. The number of nitrogens with one attached hydrogen (secondary N) is 1. The van der Waals surface area contributed by atoms with Gasteiger partial charge in [-0.25, -0.2) is 0 Å². The third kappa shape index (κ3) is 2.40. The van der Waals surface area contributed by atoms with E-state index in [-0.39, 0.29) is 25.2 Å². The number of aliphatic hydroxyl groups excluding tert-OH is 1. The molecule has 1 aliphatic heterocycles. The fraction of sp³-hybridized carbons (Fsp3) is 0.455. The Labute approximate surface area is 101 Å². The molecule has 90 valence electrons. The highest BCUT2D eigenvalue weighted by Gasteiger charge is 2.19. The molecule has 0 fully saturated rings. The summed E-state index contributed by atoms with van der Waals surface area (Å²) in [5.41, 5.74) is 0.834. The minimum Gasteiger partial charge on any atom is -0.454 e. The zero-order chi connectivity index (χ0) is 10.8. The van der Waals surface area contributed by atoms with Gasteiger partial charge < -0.3 is 19.9 Å². The standard InChI is InChI=1S/C11H15NO3.ClH/c1-7(12-2)11(13)8-3-4-9-10(5-8)15-6-14-9;/h3-5,7,11-13H,6H2,1-2H3;1H/t7-,11-;/m0./s1. The Morgan fingerprint density at radius 3 is 2.69 bits per heavy atom. The van der Waals surface area contributed by atoms with Crippen LogP contribution in [-0.2, 0) is 0 Å². The largest absolute Gasteiger partial charge is 0.454 e. The molecule has 1 aromatic carbocycles. The van der Waals surface area contributed by atoms with E-state index in [2.05, 4.69) is 5.32 Å². The molecule has 0 bridgehead atoms. The van der Waals surface area contributed by atoms with E-state index in [1.165, 1.54) is 0 Å². The number of hydrogen-bond acceptors (Lipinski definition) is 4. The van der Waals surface area contributed by atoms with Crippen molar-refractivity contribution in [3.05, 3.63) is 23.8 Å². The third-order valence-electron chi connectivity index (χ3n) is 2.67. The van der Waals surface area contributed by atoms with Crippen molar-refractivity contribution in [2.75, 3.05) is 13.8 Å². The predicted molar refractivity (Wildman–Crippen MR) is 63.3 cm³/mol. The van der Waals surface area contributed by atoms with Crippen LogP contribution in [0, 0.1) is 0 Å². The molecule has 0 saturated carbocycles.